The number of dihydropyridines is 1. The van der Waals surface area contributed by atoms with E-state index in [1.54, 1.807) is 18.2 Å². The lowest BCUT2D eigenvalue weighted by Crippen LogP contribution is -2.43. The highest BCUT2D eigenvalue weighted by Gasteiger charge is 2.47. The van der Waals surface area contributed by atoms with Crippen LogP contribution in [0.5, 0.6) is 0 Å². The van der Waals surface area contributed by atoms with Gasteiger partial charge in [0.05, 0.1) is 12.7 Å². The van der Waals surface area contributed by atoms with Crippen molar-refractivity contribution in [3.63, 3.8) is 0 Å². The predicted molar refractivity (Wildman–Crippen MR) is 124 cm³/mol. The SMILES string of the molecule is COC(=O)[C@@H]1C(=O)C2=C(C[C@@H]1C)NC(C)=C(C(=O)OC1CCCCC1)[C@H]2c1cccc(Cl)c1. The van der Waals surface area contributed by atoms with Gasteiger partial charge in [-0.3, -0.25) is 9.59 Å². The molecule has 1 aromatic rings. The van der Waals surface area contributed by atoms with E-state index in [4.69, 9.17) is 21.1 Å². The molecular weight excluding hydrogens is 442 g/mol. The third-order valence-electron chi connectivity index (χ3n) is 6.97. The largest absolute Gasteiger partial charge is 0.468 e. The molecule has 0 saturated heterocycles. The number of allylic oxidation sites excluding steroid dienone is 3. The van der Waals surface area contributed by atoms with E-state index in [0.29, 0.717) is 28.3 Å². The Morgan fingerprint density at radius 3 is 2.55 bits per heavy atom. The van der Waals surface area contributed by atoms with E-state index in [1.165, 1.54) is 7.11 Å². The first kappa shape index (κ1) is 23.6. The Balaban J connectivity index is 1.78. The number of rotatable bonds is 4. The molecule has 1 aliphatic heterocycles. The number of Topliss-reactive ketones (excluding diaryl/α,β-unsaturated/α-hetero) is 1. The predicted octanol–water partition coefficient (Wildman–Crippen LogP) is 4.83. The highest BCUT2D eigenvalue weighted by atomic mass is 35.5. The van der Waals surface area contributed by atoms with Crippen LogP contribution in [0.15, 0.2) is 46.8 Å². The molecule has 0 unspecified atom stereocenters. The highest BCUT2D eigenvalue weighted by molar-refractivity contribution is 6.30. The van der Waals surface area contributed by atoms with Gasteiger partial charge in [0, 0.05) is 27.9 Å². The van der Waals surface area contributed by atoms with Gasteiger partial charge in [0.2, 0.25) is 0 Å². The summed E-state index contributed by atoms with van der Waals surface area (Å²) in [6, 6.07) is 7.17. The molecule has 2 aliphatic carbocycles. The van der Waals surface area contributed by atoms with E-state index in [-0.39, 0.29) is 17.8 Å². The van der Waals surface area contributed by atoms with Gasteiger partial charge in [0.1, 0.15) is 12.0 Å². The molecule has 0 radical (unpaired) electrons. The number of esters is 2. The lowest BCUT2D eigenvalue weighted by atomic mass is 9.69. The lowest BCUT2D eigenvalue weighted by molar-refractivity contribution is -0.151. The Morgan fingerprint density at radius 1 is 1.15 bits per heavy atom. The fourth-order valence-electron chi connectivity index (χ4n) is 5.37. The van der Waals surface area contributed by atoms with E-state index in [9.17, 15) is 14.4 Å². The summed E-state index contributed by atoms with van der Waals surface area (Å²) in [5.41, 5.74) is 2.94. The standard InChI is InChI=1S/C26H30ClNO5/c1-14-12-19-23(24(29)20(14)25(30)32-3)22(16-8-7-9-17(27)13-16)21(15(2)28-19)26(31)33-18-10-5-4-6-11-18/h7-9,13-14,18,20,22,28H,4-6,10-12H2,1-3H3/t14-,20-,22+/m0/s1. The van der Waals surface area contributed by atoms with Crippen molar-refractivity contribution in [2.24, 2.45) is 11.8 Å². The van der Waals surface area contributed by atoms with Crippen LogP contribution in [0.4, 0.5) is 0 Å². The summed E-state index contributed by atoms with van der Waals surface area (Å²) in [5, 5.41) is 3.80. The fourth-order valence-corrected chi connectivity index (χ4v) is 5.57. The van der Waals surface area contributed by atoms with Crippen molar-refractivity contribution < 1.29 is 23.9 Å². The zero-order chi connectivity index (χ0) is 23.7. The molecule has 3 atom stereocenters. The molecule has 176 valence electrons. The van der Waals surface area contributed by atoms with E-state index in [0.717, 1.165) is 43.4 Å². The zero-order valence-corrected chi connectivity index (χ0v) is 20.0. The number of hydrogen-bond donors (Lipinski definition) is 1. The van der Waals surface area contributed by atoms with Crippen LogP contribution in [0.3, 0.4) is 0 Å². The fraction of sp³-hybridized carbons (Fsp3) is 0.500. The first-order valence-corrected chi connectivity index (χ1v) is 12.0. The van der Waals surface area contributed by atoms with E-state index < -0.39 is 23.8 Å². The van der Waals surface area contributed by atoms with Gasteiger partial charge in [0.15, 0.2) is 5.78 Å². The van der Waals surface area contributed by atoms with Crippen LogP contribution in [-0.2, 0) is 23.9 Å². The minimum Gasteiger partial charge on any atom is -0.468 e. The number of benzene rings is 1. The third kappa shape index (κ3) is 4.58. The lowest BCUT2D eigenvalue weighted by Gasteiger charge is -2.38. The average molecular weight is 472 g/mol. The van der Waals surface area contributed by atoms with Crippen LogP contribution >= 0.6 is 11.6 Å². The van der Waals surface area contributed by atoms with Crippen molar-refractivity contribution >= 4 is 29.3 Å². The molecule has 1 heterocycles. The van der Waals surface area contributed by atoms with Crippen LogP contribution in [0.2, 0.25) is 5.02 Å². The van der Waals surface area contributed by atoms with Gasteiger partial charge in [-0.15, -0.1) is 0 Å². The molecule has 1 saturated carbocycles. The molecule has 0 bridgehead atoms. The van der Waals surface area contributed by atoms with Crippen LogP contribution < -0.4 is 5.32 Å². The van der Waals surface area contributed by atoms with Gasteiger partial charge in [0.25, 0.3) is 0 Å². The van der Waals surface area contributed by atoms with Crippen molar-refractivity contribution in [3.05, 3.63) is 57.4 Å². The topological polar surface area (TPSA) is 81.7 Å². The summed E-state index contributed by atoms with van der Waals surface area (Å²) in [7, 11) is 1.29. The second kappa shape index (κ2) is 9.72. The van der Waals surface area contributed by atoms with Crippen molar-refractivity contribution in [3.8, 4) is 0 Å². The van der Waals surface area contributed by atoms with E-state index in [2.05, 4.69) is 5.32 Å². The van der Waals surface area contributed by atoms with Gasteiger partial charge in [-0.25, -0.2) is 4.79 Å². The van der Waals surface area contributed by atoms with Crippen molar-refractivity contribution in [1.82, 2.24) is 5.32 Å². The minimum absolute atomic E-state index is 0.119. The Labute approximate surface area is 199 Å². The first-order valence-electron chi connectivity index (χ1n) is 11.6. The molecule has 33 heavy (non-hydrogen) atoms. The molecule has 1 aromatic carbocycles. The summed E-state index contributed by atoms with van der Waals surface area (Å²) in [6.45, 7) is 3.70. The number of nitrogens with one attached hydrogen (secondary N) is 1. The highest BCUT2D eigenvalue weighted by Crippen LogP contribution is 2.46. The minimum atomic E-state index is -0.911. The summed E-state index contributed by atoms with van der Waals surface area (Å²) in [6.07, 6.45) is 5.31. The van der Waals surface area contributed by atoms with Crippen molar-refractivity contribution in [2.45, 2.75) is 64.4 Å². The monoisotopic (exact) mass is 471 g/mol. The molecule has 6 nitrogen and oxygen atoms in total. The smallest absolute Gasteiger partial charge is 0.337 e. The Kier molecular flexibility index (Phi) is 6.94. The van der Waals surface area contributed by atoms with Crippen LogP contribution in [0.1, 0.15) is 63.9 Å². The maximum Gasteiger partial charge on any atom is 0.337 e. The molecular formula is C26H30ClNO5. The van der Waals surface area contributed by atoms with Gasteiger partial charge < -0.3 is 14.8 Å². The number of hydrogen-bond acceptors (Lipinski definition) is 6. The van der Waals surface area contributed by atoms with Gasteiger partial charge >= 0.3 is 11.9 Å². The summed E-state index contributed by atoms with van der Waals surface area (Å²) in [5.74, 6) is -3.09. The van der Waals surface area contributed by atoms with Crippen molar-refractivity contribution in [1.29, 1.82) is 0 Å². The normalized spacial score (nSPS) is 25.9. The Hall–Kier alpha value is -2.60. The second-order valence-electron chi connectivity index (χ2n) is 9.26. The average Bonchev–Trinajstić information content (AvgIpc) is 2.78. The van der Waals surface area contributed by atoms with Gasteiger partial charge in [-0.2, -0.15) is 0 Å². The zero-order valence-electron chi connectivity index (χ0n) is 19.3. The van der Waals surface area contributed by atoms with Gasteiger partial charge in [-0.05, 0) is 62.6 Å². The molecule has 3 aliphatic rings. The van der Waals surface area contributed by atoms with E-state index in [1.807, 2.05) is 19.9 Å². The molecule has 7 heteroatoms. The Morgan fingerprint density at radius 2 is 1.88 bits per heavy atom. The first-order chi connectivity index (χ1) is 15.8. The summed E-state index contributed by atoms with van der Waals surface area (Å²) >= 11 is 6.30. The number of carbonyl (C=O) groups excluding carboxylic acids is 3. The molecule has 1 N–H and O–H groups in total. The third-order valence-corrected chi connectivity index (χ3v) is 7.21. The number of halogens is 1. The molecule has 4 rings (SSSR count). The molecule has 0 amide bonds. The number of ketones is 1. The molecule has 0 spiro atoms. The molecule has 1 fully saturated rings. The maximum atomic E-state index is 13.7. The van der Waals surface area contributed by atoms with Crippen LogP contribution in [-0.4, -0.2) is 30.9 Å². The number of methoxy groups -OCH3 is 1. The van der Waals surface area contributed by atoms with E-state index >= 15 is 0 Å². The quantitative estimate of drug-likeness (QED) is 0.500. The van der Waals surface area contributed by atoms with Crippen LogP contribution in [0, 0.1) is 11.8 Å². The Bertz CT molecular complexity index is 1040. The number of ether oxygens (including phenoxy) is 2. The van der Waals surface area contributed by atoms with Gasteiger partial charge in [-0.1, -0.05) is 37.1 Å². The number of carbonyl (C=O) groups is 3. The maximum absolute atomic E-state index is 13.7. The molecule has 0 aromatic heterocycles. The summed E-state index contributed by atoms with van der Waals surface area (Å²) in [4.78, 5) is 39.7. The van der Waals surface area contributed by atoms with Crippen molar-refractivity contribution in [2.75, 3.05) is 7.11 Å². The second-order valence-corrected chi connectivity index (χ2v) is 9.69. The van der Waals surface area contributed by atoms with Crippen LogP contribution in [0.25, 0.3) is 0 Å². The summed E-state index contributed by atoms with van der Waals surface area (Å²) < 4.78 is 10.9.